The van der Waals surface area contributed by atoms with Gasteiger partial charge in [-0.2, -0.15) is 4.68 Å². The van der Waals surface area contributed by atoms with Crippen molar-refractivity contribution in [3.05, 3.63) is 48.9 Å². The normalized spacial score (nSPS) is 10.4. The molecule has 0 aliphatic carbocycles. The van der Waals surface area contributed by atoms with Crippen molar-refractivity contribution < 1.29 is 4.74 Å². The molecule has 0 aliphatic rings. The average molecular weight is 267 g/mol. The molecule has 100 valence electrons. The van der Waals surface area contributed by atoms with Crippen LogP contribution in [0.15, 0.2) is 48.9 Å². The van der Waals surface area contributed by atoms with E-state index in [0.29, 0.717) is 23.1 Å². The van der Waals surface area contributed by atoms with E-state index in [9.17, 15) is 0 Å². The van der Waals surface area contributed by atoms with Crippen molar-refractivity contribution in [2.75, 3.05) is 12.8 Å². The molecule has 0 atom stereocenters. The van der Waals surface area contributed by atoms with Crippen LogP contribution in [0.2, 0.25) is 0 Å². The van der Waals surface area contributed by atoms with Gasteiger partial charge in [0.15, 0.2) is 17.4 Å². The fourth-order valence-electron chi connectivity index (χ4n) is 1.84. The zero-order valence-corrected chi connectivity index (χ0v) is 10.9. The molecule has 3 aromatic rings. The second-order valence-electron chi connectivity index (χ2n) is 4.16. The summed E-state index contributed by atoms with van der Waals surface area (Å²) in [6.07, 6.45) is 3.29. The molecule has 0 fully saturated rings. The zero-order chi connectivity index (χ0) is 13.9. The van der Waals surface area contributed by atoms with E-state index in [4.69, 9.17) is 10.5 Å². The summed E-state index contributed by atoms with van der Waals surface area (Å²) >= 11 is 0. The molecule has 0 amide bonds. The maximum atomic E-state index is 5.67. The third kappa shape index (κ3) is 2.18. The molecule has 0 spiro atoms. The number of anilines is 1. The summed E-state index contributed by atoms with van der Waals surface area (Å²) in [4.78, 5) is 8.54. The maximum Gasteiger partial charge on any atom is 0.197 e. The van der Waals surface area contributed by atoms with E-state index in [2.05, 4.69) is 15.1 Å². The SMILES string of the molecule is COc1cccnc1-n1cnc(-c2ccc(N)cc2)n1. The van der Waals surface area contributed by atoms with Crippen LogP contribution in [0, 0.1) is 0 Å². The largest absolute Gasteiger partial charge is 0.493 e. The number of hydrogen-bond donors (Lipinski definition) is 1. The topological polar surface area (TPSA) is 78.8 Å². The number of nitrogens with zero attached hydrogens (tertiary/aromatic N) is 4. The predicted molar refractivity (Wildman–Crippen MR) is 75.6 cm³/mol. The maximum absolute atomic E-state index is 5.67. The molecule has 0 aliphatic heterocycles. The Hall–Kier alpha value is -2.89. The Balaban J connectivity index is 2.00. The fourth-order valence-corrected chi connectivity index (χ4v) is 1.84. The Kier molecular flexibility index (Phi) is 3.04. The van der Waals surface area contributed by atoms with Crippen LogP contribution < -0.4 is 10.5 Å². The Bertz CT molecular complexity index is 720. The van der Waals surface area contributed by atoms with Crippen LogP contribution in [-0.2, 0) is 0 Å². The van der Waals surface area contributed by atoms with Crippen molar-refractivity contribution >= 4 is 5.69 Å². The standard InChI is InChI=1S/C14H13N5O/c1-20-12-3-2-8-16-14(12)19-9-17-13(18-19)10-4-6-11(15)7-5-10/h2-9H,15H2,1H3. The highest BCUT2D eigenvalue weighted by Crippen LogP contribution is 2.21. The summed E-state index contributed by atoms with van der Waals surface area (Å²) in [6.45, 7) is 0. The number of rotatable bonds is 3. The Morgan fingerprint density at radius 2 is 1.90 bits per heavy atom. The summed E-state index contributed by atoms with van der Waals surface area (Å²) < 4.78 is 6.85. The van der Waals surface area contributed by atoms with Crippen molar-refractivity contribution in [1.29, 1.82) is 0 Å². The number of nitrogens with two attached hydrogens (primary N) is 1. The van der Waals surface area contributed by atoms with Crippen molar-refractivity contribution in [3.8, 4) is 23.0 Å². The van der Waals surface area contributed by atoms with Gasteiger partial charge in [-0.3, -0.25) is 0 Å². The summed E-state index contributed by atoms with van der Waals surface area (Å²) in [5.41, 5.74) is 7.27. The lowest BCUT2D eigenvalue weighted by Gasteiger charge is -2.05. The van der Waals surface area contributed by atoms with Crippen molar-refractivity contribution in [1.82, 2.24) is 19.7 Å². The van der Waals surface area contributed by atoms with Crippen LogP contribution in [0.1, 0.15) is 0 Å². The number of methoxy groups -OCH3 is 1. The van der Waals surface area contributed by atoms with Gasteiger partial charge < -0.3 is 10.5 Å². The number of pyridine rings is 1. The molecular weight excluding hydrogens is 254 g/mol. The number of benzene rings is 1. The van der Waals surface area contributed by atoms with Gasteiger partial charge in [0.1, 0.15) is 6.33 Å². The monoisotopic (exact) mass is 267 g/mol. The highest BCUT2D eigenvalue weighted by atomic mass is 16.5. The van der Waals surface area contributed by atoms with E-state index in [1.165, 1.54) is 0 Å². The molecule has 0 unspecified atom stereocenters. The molecule has 1 aromatic carbocycles. The second kappa shape index (κ2) is 5.00. The number of nitrogen functional groups attached to an aromatic ring is 1. The lowest BCUT2D eigenvalue weighted by Crippen LogP contribution is -2.01. The molecule has 0 radical (unpaired) electrons. The third-order valence-electron chi connectivity index (χ3n) is 2.85. The zero-order valence-electron chi connectivity index (χ0n) is 10.9. The van der Waals surface area contributed by atoms with Gasteiger partial charge in [-0.05, 0) is 36.4 Å². The van der Waals surface area contributed by atoms with Gasteiger partial charge in [-0.1, -0.05) is 0 Å². The van der Waals surface area contributed by atoms with Crippen LogP contribution in [0.3, 0.4) is 0 Å². The molecular formula is C14H13N5O. The van der Waals surface area contributed by atoms with E-state index in [0.717, 1.165) is 5.56 Å². The van der Waals surface area contributed by atoms with Gasteiger partial charge in [0.2, 0.25) is 0 Å². The summed E-state index contributed by atoms with van der Waals surface area (Å²) in [5.74, 6) is 1.85. The molecule has 2 heterocycles. The number of aromatic nitrogens is 4. The van der Waals surface area contributed by atoms with E-state index >= 15 is 0 Å². The third-order valence-corrected chi connectivity index (χ3v) is 2.85. The van der Waals surface area contributed by atoms with Crippen LogP contribution >= 0.6 is 0 Å². The minimum Gasteiger partial charge on any atom is -0.493 e. The Morgan fingerprint density at radius 3 is 2.65 bits per heavy atom. The quantitative estimate of drug-likeness (QED) is 0.733. The minimum atomic E-state index is 0.601. The Labute approximate surface area is 115 Å². The van der Waals surface area contributed by atoms with Gasteiger partial charge in [0.25, 0.3) is 0 Å². The van der Waals surface area contributed by atoms with Crippen LogP contribution in [-0.4, -0.2) is 26.9 Å². The minimum absolute atomic E-state index is 0.601. The van der Waals surface area contributed by atoms with Gasteiger partial charge >= 0.3 is 0 Å². The number of ether oxygens (including phenoxy) is 1. The first kappa shape index (κ1) is 12.2. The highest BCUT2D eigenvalue weighted by molar-refractivity contribution is 5.58. The second-order valence-corrected chi connectivity index (χ2v) is 4.16. The summed E-state index contributed by atoms with van der Waals surface area (Å²) in [6, 6.07) is 11.0. The smallest absolute Gasteiger partial charge is 0.197 e. The van der Waals surface area contributed by atoms with E-state index in [1.807, 2.05) is 30.3 Å². The Morgan fingerprint density at radius 1 is 1.10 bits per heavy atom. The fraction of sp³-hybridized carbons (Fsp3) is 0.0714. The first-order valence-electron chi connectivity index (χ1n) is 6.05. The van der Waals surface area contributed by atoms with Crippen LogP contribution in [0.25, 0.3) is 17.2 Å². The van der Waals surface area contributed by atoms with Gasteiger partial charge in [0, 0.05) is 17.4 Å². The van der Waals surface area contributed by atoms with Gasteiger partial charge in [-0.25, -0.2) is 9.97 Å². The summed E-state index contributed by atoms with van der Waals surface area (Å²) in [7, 11) is 1.60. The van der Waals surface area contributed by atoms with E-state index < -0.39 is 0 Å². The van der Waals surface area contributed by atoms with Crippen molar-refractivity contribution in [3.63, 3.8) is 0 Å². The molecule has 3 rings (SSSR count). The first-order valence-corrected chi connectivity index (χ1v) is 6.05. The molecule has 20 heavy (non-hydrogen) atoms. The molecule has 6 nitrogen and oxygen atoms in total. The first-order chi connectivity index (χ1) is 9.78. The van der Waals surface area contributed by atoms with E-state index in [-0.39, 0.29) is 0 Å². The lowest BCUT2D eigenvalue weighted by molar-refractivity contribution is 0.409. The molecule has 0 bridgehead atoms. The van der Waals surface area contributed by atoms with Crippen molar-refractivity contribution in [2.45, 2.75) is 0 Å². The molecule has 2 aromatic heterocycles. The van der Waals surface area contributed by atoms with Crippen LogP contribution in [0.4, 0.5) is 5.69 Å². The highest BCUT2D eigenvalue weighted by Gasteiger charge is 2.10. The van der Waals surface area contributed by atoms with Gasteiger partial charge in [0.05, 0.1) is 7.11 Å². The lowest BCUT2D eigenvalue weighted by atomic mass is 10.2. The molecule has 6 heteroatoms. The summed E-state index contributed by atoms with van der Waals surface area (Å²) in [5, 5.41) is 4.41. The number of hydrogen-bond acceptors (Lipinski definition) is 5. The van der Waals surface area contributed by atoms with Gasteiger partial charge in [-0.15, -0.1) is 5.10 Å². The molecule has 0 saturated heterocycles. The molecule has 2 N–H and O–H groups in total. The predicted octanol–water partition coefficient (Wildman–Crippen LogP) is 1.92. The van der Waals surface area contributed by atoms with Crippen molar-refractivity contribution in [2.24, 2.45) is 0 Å². The van der Waals surface area contributed by atoms with Crippen LogP contribution in [0.5, 0.6) is 5.75 Å². The molecule has 0 saturated carbocycles. The average Bonchev–Trinajstić information content (AvgIpc) is 2.97. The van der Waals surface area contributed by atoms with E-state index in [1.54, 1.807) is 30.4 Å².